The van der Waals surface area contributed by atoms with Crippen LogP contribution in [-0.4, -0.2) is 18.8 Å². The Morgan fingerprint density at radius 2 is 2.06 bits per heavy atom. The lowest BCUT2D eigenvalue weighted by Gasteiger charge is -2.35. The van der Waals surface area contributed by atoms with Crippen molar-refractivity contribution in [2.24, 2.45) is 11.8 Å². The Morgan fingerprint density at radius 3 is 2.61 bits per heavy atom. The van der Waals surface area contributed by atoms with Crippen LogP contribution in [0.2, 0.25) is 0 Å². The van der Waals surface area contributed by atoms with Crippen LogP contribution in [0, 0.1) is 17.8 Å². The van der Waals surface area contributed by atoms with Gasteiger partial charge in [0.05, 0.1) is 6.10 Å². The van der Waals surface area contributed by atoms with E-state index in [2.05, 4.69) is 24.2 Å². The summed E-state index contributed by atoms with van der Waals surface area (Å²) in [4.78, 5) is 0. The standard InChI is InChI=1S/C15H28N2O/c1-3-5-7-12-14(17-16)15(18-4-2)13-10-8-6-9-11-13/h13-15,17H,4,6-12,16H2,1-2H3. The lowest BCUT2D eigenvalue weighted by atomic mass is 9.81. The smallest absolute Gasteiger partial charge is 0.0769 e. The molecule has 0 aromatic rings. The van der Waals surface area contributed by atoms with Crippen LogP contribution in [0.3, 0.4) is 0 Å². The molecule has 3 N–H and O–H groups in total. The fourth-order valence-corrected chi connectivity index (χ4v) is 2.93. The van der Waals surface area contributed by atoms with Gasteiger partial charge >= 0.3 is 0 Å². The molecule has 2 atom stereocenters. The van der Waals surface area contributed by atoms with Gasteiger partial charge in [0.25, 0.3) is 0 Å². The summed E-state index contributed by atoms with van der Waals surface area (Å²) in [6, 6.07) is 0.230. The van der Waals surface area contributed by atoms with Gasteiger partial charge in [-0.05, 0) is 39.0 Å². The van der Waals surface area contributed by atoms with Gasteiger partial charge in [0, 0.05) is 19.1 Å². The minimum absolute atomic E-state index is 0.230. The van der Waals surface area contributed by atoms with E-state index in [1.807, 2.05) is 6.92 Å². The van der Waals surface area contributed by atoms with Gasteiger partial charge < -0.3 is 4.74 Å². The molecular formula is C15H28N2O. The van der Waals surface area contributed by atoms with E-state index in [-0.39, 0.29) is 12.1 Å². The molecule has 0 radical (unpaired) electrons. The molecule has 104 valence electrons. The molecule has 0 aromatic heterocycles. The molecule has 2 unspecified atom stereocenters. The molecule has 3 heteroatoms. The lowest BCUT2D eigenvalue weighted by Crippen LogP contribution is -2.49. The molecule has 1 aliphatic rings. The molecular weight excluding hydrogens is 224 g/mol. The number of hydrazine groups is 1. The van der Waals surface area contributed by atoms with Crippen molar-refractivity contribution in [3.63, 3.8) is 0 Å². The van der Waals surface area contributed by atoms with E-state index in [0.717, 1.165) is 19.4 Å². The maximum absolute atomic E-state index is 5.97. The highest BCUT2D eigenvalue weighted by atomic mass is 16.5. The van der Waals surface area contributed by atoms with E-state index in [9.17, 15) is 0 Å². The minimum atomic E-state index is 0.230. The summed E-state index contributed by atoms with van der Waals surface area (Å²) in [7, 11) is 0. The highest BCUT2D eigenvalue weighted by Gasteiger charge is 2.30. The molecule has 1 fully saturated rings. The average Bonchev–Trinajstić information content (AvgIpc) is 2.43. The van der Waals surface area contributed by atoms with E-state index in [1.54, 1.807) is 0 Å². The maximum Gasteiger partial charge on any atom is 0.0769 e. The molecule has 3 nitrogen and oxygen atoms in total. The van der Waals surface area contributed by atoms with Crippen molar-refractivity contribution in [1.82, 2.24) is 5.43 Å². The van der Waals surface area contributed by atoms with Crippen LogP contribution in [0.25, 0.3) is 0 Å². The summed E-state index contributed by atoms with van der Waals surface area (Å²) < 4.78 is 5.97. The summed E-state index contributed by atoms with van der Waals surface area (Å²) in [5.74, 6) is 12.4. The monoisotopic (exact) mass is 252 g/mol. The molecule has 18 heavy (non-hydrogen) atoms. The predicted octanol–water partition coefficient (Wildman–Crippen LogP) is 2.61. The first-order valence-electron chi connectivity index (χ1n) is 7.30. The van der Waals surface area contributed by atoms with Crippen molar-refractivity contribution in [2.45, 2.75) is 70.9 Å². The summed E-state index contributed by atoms with van der Waals surface area (Å²) in [6.45, 7) is 4.71. The second kappa shape index (κ2) is 9.38. The maximum atomic E-state index is 5.97. The molecule has 1 rings (SSSR count). The van der Waals surface area contributed by atoms with E-state index in [0.29, 0.717) is 5.92 Å². The Labute approximate surface area is 112 Å². The second-order valence-electron chi connectivity index (χ2n) is 5.06. The van der Waals surface area contributed by atoms with Crippen molar-refractivity contribution in [3.05, 3.63) is 0 Å². The van der Waals surface area contributed by atoms with Crippen molar-refractivity contribution in [2.75, 3.05) is 6.61 Å². The minimum Gasteiger partial charge on any atom is -0.377 e. The molecule has 0 aromatic carbocycles. The Kier molecular flexibility index (Phi) is 8.08. The zero-order chi connectivity index (χ0) is 13.2. The molecule has 0 spiro atoms. The van der Waals surface area contributed by atoms with Crippen LogP contribution in [0.5, 0.6) is 0 Å². The van der Waals surface area contributed by atoms with Crippen LogP contribution >= 0.6 is 0 Å². The predicted molar refractivity (Wildman–Crippen MR) is 75.8 cm³/mol. The quantitative estimate of drug-likeness (QED) is 0.416. The van der Waals surface area contributed by atoms with E-state index in [4.69, 9.17) is 10.6 Å². The summed E-state index contributed by atoms with van der Waals surface area (Å²) in [6.07, 6.45) is 8.71. The van der Waals surface area contributed by atoms with Gasteiger partial charge in [0.1, 0.15) is 0 Å². The van der Waals surface area contributed by atoms with E-state index < -0.39 is 0 Å². The third-order valence-electron chi connectivity index (χ3n) is 3.84. The molecule has 0 heterocycles. The van der Waals surface area contributed by atoms with Gasteiger partial charge in [-0.1, -0.05) is 19.3 Å². The Bertz CT molecular complexity index is 263. The van der Waals surface area contributed by atoms with Gasteiger partial charge in [-0.15, -0.1) is 11.8 Å². The van der Waals surface area contributed by atoms with Crippen LogP contribution in [0.4, 0.5) is 0 Å². The Morgan fingerprint density at radius 1 is 1.33 bits per heavy atom. The zero-order valence-corrected chi connectivity index (χ0v) is 11.9. The van der Waals surface area contributed by atoms with Gasteiger partial charge in [-0.2, -0.15) is 0 Å². The third kappa shape index (κ3) is 4.97. The summed E-state index contributed by atoms with van der Waals surface area (Å²) in [5, 5.41) is 0. The number of nitrogens with one attached hydrogen (secondary N) is 1. The first kappa shape index (κ1) is 15.5. The molecule has 0 aliphatic heterocycles. The number of nitrogens with two attached hydrogens (primary N) is 1. The lowest BCUT2D eigenvalue weighted by molar-refractivity contribution is -0.0190. The number of hydrogen-bond donors (Lipinski definition) is 2. The van der Waals surface area contributed by atoms with Crippen molar-refractivity contribution in [1.29, 1.82) is 0 Å². The molecule has 0 saturated heterocycles. The highest BCUT2D eigenvalue weighted by molar-refractivity contribution is 4.96. The van der Waals surface area contributed by atoms with Crippen molar-refractivity contribution < 1.29 is 4.74 Å². The Balaban J connectivity index is 2.56. The third-order valence-corrected chi connectivity index (χ3v) is 3.84. The van der Waals surface area contributed by atoms with Gasteiger partial charge in [-0.3, -0.25) is 11.3 Å². The number of hydrogen-bond acceptors (Lipinski definition) is 3. The van der Waals surface area contributed by atoms with Crippen LogP contribution in [0.15, 0.2) is 0 Å². The fourth-order valence-electron chi connectivity index (χ4n) is 2.93. The summed E-state index contributed by atoms with van der Waals surface area (Å²) >= 11 is 0. The molecule has 0 amide bonds. The average molecular weight is 252 g/mol. The number of rotatable bonds is 7. The van der Waals surface area contributed by atoms with Crippen molar-refractivity contribution in [3.8, 4) is 11.8 Å². The molecule has 1 aliphatic carbocycles. The summed E-state index contributed by atoms with van der Waals surface area (Å²) in [5.41, 5.74) is 2.95. The van der Waals surface area contributed by atoms with Crippen LogP contribution in [-0.2, 0) is 4.74 Å². The van der Waals surface area contributed by atoms with E-state index in [1.165, 1.54) is 32.1 Å². The van der Waals surface area contributed by atoms with Crippen LogP contribution in [0.1, 0.15) is 58.8 Å². The zero-order valence-electron chi connectivity index (χ0n) is 11.9. The fraction of sp³-hybridized carbons (Fsp3) is 0.867. The molecule has 0 bridgehead atoms. The Hall–Kier alpha value is -0.560. The first-order chi connectivity index (χ1) is 8.83. The topological polar surface area (TPSA) is 47.3 Å². The van der Waals surface area contributed by atoms with E-state index >= 15 is 0 Å². The highest BCUT2D eigenvalue weighted by Crippen LogP contribution is 2.30. The van der Waals surface area contributed by atoms with Crippen molar-refractivity contribution >= 4 is 0 Å². The van der Waals surface area contributed by atoms with Crippen LogP contribution < -0.4 is 11.3 Å². The first-order valence-corrected chi connectivity index (χ1v) is 7.30. The SMILES string of the molecule is CC#CCCC(NN)C(OCC)C1CCCCC1. The van der Waals surface area contributed by atoms with Gasteiger partial charge in [0.15, 0.2) is 0 Å². The van der Waals surface area contributed by atoms with Gasteiger partial charge in [0.2, 0.25) is 0 Å². The normalized spacial score (nSPS) is 19.9. The second-order valence-corrected chi connectivity index (χ2v) is 5.06. The largest absolute Gasteiger partial charge is 0.377 e. The molecule has 1 saturated carbocycles. The number of ether oxygens (including phenoxy) is 1. The van der Waals surface area contributed by atoms with Gasteiger partial charge in [-0.25, -0.2) is 0 Å².